The predicted octanol–water partition coefficient (Wildman–Crippen LogP) is 2.53. The van der Waals surface area contributed by atoms with E-state index in [-0.39, 0.29) is 18.1 Å². The Morgan fingerprint density at radius 2 is 1.81 bits per heavy atom. The number of anilines is 1. The van der Waals surface area contributed by atoms with Gasteiger partial charge in [0.2, 0.25) is 0 Å². The third-order valence-electron chi connectivity index (χ3n) is 4.75. The van der Waals surface area contributed by atoms with Crippen LogP contribution in [0.2, 0.25) is 0 Å². The molecule has 0 radical (unpaired) electrons. The minimum atomic E-state index is -0.150. The summed E-state index contributed by atoms with van der Waals surface area (Å²) < 4.78 is 11.0. The number of nitrogens with zero attached hydrogens (tertiary/aromatic N) is 2. The van der Waals surface area contributed by atoms with Gasteiger partial charge in [0.1, 0.15) is 5.71 Å². The molecule has 0 aliphatic carbocycles. The Labute approximate surface area is 158 Å². The fourth-order valence-electron chi connectivity index (χ4n) is 3.36. The fraction of sp³-hybridized carbons (Fsp3) is 0.333. The van der Waals surface area contributed by atoms with Crippen molar-refractivity contribution in [3.63, 3.8) is 0 Å². The van der Waals surface area contributed by atoms with Crippen molar-refractivity contribution in [1.29, 1.82) is 0 Å². The van der Waals surface area contributed by atoms with E-state index in [1.807, 2.05) is 53.5 Å². The molecule has 0 aromatic heterocycles. The highest BCUT2D eigenvalue weighted by Crippen LogP contribution is 2.34. The van der Waals surface area contributed by atoms with Crippen LogP contribution in [0.25, 0.3) is 0 Å². The molecule has 6 nitrogen and oxygen atoms in total. The van der Waals surface area contributed by atoms with Crippen LogP contribution in [-0.2, 0) is 14.3 Å². The summed E-state index contributed by atoms with van der Waals surface area (Å²) >= 11 is 0. The molecular formula is C21H23N3O3. The number of hydrogen-bond donors (Lipinski definition) is 1. The van der Waals surface area contributed by atoms with Crippen LogP contribution in [0.3, 0.4) is 0 Å². The van der Waals surface area contributed by atoms with Gasteiger partial charge in [0.15, 0.2) is 0 Å². The Morgan fingerprint density at radius 1 is 1.07 bits per heavy atom. The van der Waals surface area contributed by atoms with E-state index in [1.54, 1.807) is 0 Å². The number of ether oxygens (including phenoxy) is 2. The number of nitrogens with one attached hydrogen (secondary N) is 1. The van der Waals surface area contributed by atoms with Gasteiger partial charge in [-0.25, -0.2) is 0 Å². The summed E-state index contributed by atoms with van der Waals surface area (Å²) in [4.78, 5) is 12.7. The summed E-state index contributed by atoms with van der Waals surface area (Å²) in [5, 5.41) is 9.52. The van der Waals surface area contributed by atoms with Crippen molar-refractivity contribution in [2.75, 3.05) is 31.4 Å². The zero-order valence-corrected chi connectivity index (χ0v) is 15.1. The smallest absolute Gasteiger partial charge is 0.267 e. The van der Waals surface area contributed by atoms with E-state index in [1.165, 1.54) is 0 Å². The maximum atomic E-state index is 12.7. The van der Waals surface area contributed by atoms with E-state index < -0.39 is 0 Å². The third-order valence-corrected chi connectivity index (χ3v) is 4.75. The monoisotopic (exact) mass is 365 g/mol. The normalized spacial score (nSPS) is 22.4. The first kappa shape index (κ1) is 17.7. The quantitative estimate of drug-likeness (QED) is 0.884. The van der Waals surface area contributed by atoms with Crippen molar-refractivity contribution in [3.05, 3.63) is 66.2 Å². The lowest BCUT2D eigenvalue weighted by Gasteiger charge is -2.23. The van der Waals surface area contributed by atoms with Gasteiger partial charge in [-0.3, -0.25) is 9.80 Å². The number of hydrazone groups is 1. The van der Waals surface area contributed by atoms with Crippen molar-refractivity contribution in [3.8, 4) is 0 Å². The van der Waals surface area contributed by atoms with Crippen LogP contribution < -0.4 is 10.3 Å². The Balaban J connectivity index is 1.50. The lowest BCUT2D eigenvalue weighted by Crippen LogP contribution is -2.41. The van der Waals surface area contributed by atoms with E-state index >= 15 is 0 Å². The van der Waals surface area contributed by atoms with Crippen LogP contribution in [-0.4, -0.2) is 44.1 Å². The average Bonchev–Trinajstić information content (AvgIpc) is 3.20. The molecule has 4 rings (SSSR count). The van der Waals surface area contributed by atoms with Crippen LogP contribution in [0.1, 0.15) is 18.0 Å². The summed E-state index contributed by atoms with van der Waals surface area (Å²) in [6, 6.07) is 20.1. The standard InChI is InChI=1S/C21H23N3O3/c25-21(22-14-18-15-26-11-12-27-18)19-13-20(16-7-3-1-4-8-16)24(23-19)17-9-5-2-6-10-17/h1-10,18,20H,11-15H2,(H,22,25)/t18-,20-/m0/s1. The number of hydrogen-bond acceptors (Lipinski definition) is 5. The average molecular weight is 365 g/mol. The number of rotatable bonds is 5. The molecule has 2 aliphatic heterocycles. The summed E-state index contributed by atoms with van der Waals surface area (Å²) in [5.74, 6) is -0.150. The highest BCUT2D eigenvalue weighted by atomic mass is 16.6. The summed E-state index contributed by atoms with van der Waals surface area (Å²) in [6.45, 7) is 2.12. The minimum absolute atomic E-state index is 0.00335. The van der Waals surface area contributed by atoms with Gasteiger partial charge < -0.3 is 14.8 Å². The van der Waals surface area contributed by atoms with E-state index in [9.17, 15) is 4.79 Å². The first-order chi connectivity index (χ1) is 13.3. The second kappa shape index (κ2) is 8.33. The number of carbonyl (C=O) groups is 1. The Morgan fingerprint density at radius 3 is 2.52 bits per heavy atom. The molecule has 0 bridgehead atoms. The lowest BCUT2D eigenvalue weighted by atomic mass is 10.0. The Bertz CT molecular complexity index is 789. The first-order valence-corrected chi connectivity index (χ1v) is 9.25. The summed E-state index contributed by atoms with van der Waals surface area (Å²) in [7, 11) is 0. The van der Waals surface area contributed by atoms with Crippen LogP contribution in [0.4, 0.5) is 5.69 Å². The van der Waals surface area contributed by atoms with Gasteiger partial charge in [0.05, 0.1) is 37.7 Å². The molecule has 0 spiro atoms. The zero-order chi connectivity index (χ0) is 18.5. The van der Waals surface area contributed by atoms with Crippen molar-refractivity contribution < 1.29 is 14.3 Å². The molecular weight excluding hydrogens is 342 g/mol. The molecule has 2 atom stereocenters. The molecule has 27 heavy (non-hydrogen) atoms. The molecule has 0 saturated carbocycles. The largest absolute Gasteiger partial charge is 0.376 e. The molecule has 1 saturated heterocycles. The zero-order valence-electron chi connectivity index (χ0n) is 15.1. The van der Waals surface area contributed by atoms with Crippen LogP contribution in [0.5, 0.6) is 0 Å². The minimum Gasteiger partial charge on any atom is -0.376 e. The first-order valence-electron chi connectivity index (χ1n) is 9.25. The predicted molar refractivity (Wildman–Crippen MR) is 104 cm³/mol. The molecule has 0 unspecified atom stereocenters. The van der Waals surface area contributed by atoms with Crippen LogP contribution in [0.15, 0.2) is 65.8 Å². The van der Waals surface area contributed by atoms with Crippen LogP contribution >= 0.6 is 0 Å². The van der Waals surface area contributed by atoms with Gasteiger partial charge in [-0.05, 0) is 17.7 Å². The maximum absolute atomic E-state index is 12.7. The molecule has 2 aromatic rings. The van der Waals surface area contributed by atoms with Crippen LogP contribution in [0, 0.1) is 0 Å². The van der Waals surface area contributed by atoms with Gasteiger partial charge in [-0.2, -0.15) is 5.10 Å². The van der Waals surface area contributed by atoms with Crippen molar-refractivity contribution >= 4 is 17.3 Å². The van der Waals surface area contributed by atoms with Crippen molar-refractivity contribution in [2.24, 2.45) is 5.10 Å². The van der Waals surface area contributed by atoms with E-state index in [0.29, 0.717) is 38.5 Å². The van der Waals surface area contributed by atoms with Gasteiger partial charge in [0.25, 0.3) is 5.91 Å². The number of benzene rings is 2. The second-order valence-electron chi connectivity index (χ2n) is 6.64. The highest BCUT2D eigenvalue weighted by molar-refractivity contribution is 6.39. The molecule has 2 aromatic carbocycles. The fourth-order valence-corrected chi connectivity index (χ4v) is 3.36. The number of para-hydroxylation sites is 1. The van der Waals surface area contributed by atoms with Gasteiger partial charge in [-0.15, -0.1) is 0 Å². The van der Waals surface area contributed by atoms with E-state index in [0.717, 1.165) is 11.3 Å². The Hall–Kier alpha value is -2.70. The SMILES string of the molecule is O=C(NC[C@H]1COCCO1)C1=NN(c2ccccc2)[C@H](c2ccccc2)C1. The second-order valence-corrected chi connectivity index (χ2v) is 6.64. The lowest BCUT2D eigenvalue weighted by molar-refractivity contribution is -0.118. The molecule has 140 valence electrons. The highest BCUT2D eigenvalue weighted by Gasteiger charge is 2.32. The molecule has 1 N–H and O–H groups in total. The van der Waals surface area contributed by atoms with Gasteiger partial charge in [0, 0.05) is 13.0 Å². The van der Waals surface area contributed by atoms with E-state index in [4.69, 9.17) is 9.47 Å². The molecule has 2 aliphatic rings. The molecule has 1 fully saturated rings. The van der Waals surface area contributed by atoms with Crippen molar-refractivity contribution in [1.82, 2.24) is 5.32 Å². The number of carbonyl (C=O) groups excluding carboxylic acids is 1. The van der Waals surface area contributed by atoms with Crippen molar-refractivity contribution in [2.45, 2.75) is 18.6 Å². The number of amides is 1. The van der Waals surface area contributed by atoms with E-state index in [2.05, 4.69) is 22.6 Å². The summed E-state index contributed by atoms with van der Waals surface area (Å²) in [6.07, 6.45) is 0.465. The van der Waals surface area contributed by atoms with Gasteiger partial charge in [-0.1, -0.05) is 48.5 Å². The topological polar surface area (TPSA) is 63.2 Å². The molecule has 1 amide bonds. The third kappa shape index (κ3) is 4.18. The molecule has 6 heteroatoms. The Kier molecular flexibility index (Phi) is 5.46. The molecule has 2 heterocycles. The summed E-state index contributed by atoms with van der Waals surface area (Å²) in [5.41, 5.74) is 2.64. The maximum Gasteiger partial charge on any atom is 0.267 e. The van der Waals surface area contributed by atoms with Gasteiger partial charge >= 0.3 is 0 Å².